The summed E-state index contributed by atoms with van der Waals surface area (Å²) in [6.07, 6.45) is 0.686. The highest BCUT2D eigenvalue weighted by atomic mass is 19.3. The largest absolute Gasteiger partial charge is 0.493 e. The molecule has 1 aromatic heterocycles. The number of alkyl halides is 2. The van der Waals surface area contributed by atoms with Crippen molar-refractivity contribution < 1.29 is 23.0 Å². The number of fused-ring (bicyclic) bond motifs is 1. The van der Waals surface area contributed by atoms with Gasteiger partial charge in [-0.15, -0.1) is 0 Å². The fraction of sp³-hybridized carbons (Fsp3) is 0.238. The van der Waals surface area contributed by atoms with E-state index in [1.54, 1.807) is 6.07 Å². The minimum Gasteiger partial charge on any atom is -0.493 e. The molecule has 7 heteroatoms. The minimum absolute atomic E-state index is 0.150. The van der Waals surface area contributed by atoms with E-state index in [4.69, 9.17) is 4.74 Å². The molecule has 3 rings (SSSR count). The number of amides is 1. The molecule has 146 valence electrons. The third-order valence-corrected chi connectivity index (χ3v) is 4.44. The molecule has 0 saturated carbocycles. The number of para-hydroxylation sites is 1. The molecule has 0 aliphatic rings. The number of aromatic nitrogens is 1. The van der Waals surface area contributed by atoms with Crippen molar-refractivity contribution in [2.75, 3.05) is 12.4 Å². The van der Waals surface area contributed by atoms with Crippen molar-refractivity contribution in [3.8, 4) is 11.5 Å². The van der Waals surface area contributed by atoms with Crippen LogP contribution in [0.4, 0.5) is 14.5 Å². The molecule has 3 aromatic rings. The average Bonchev–Trinajstić information content (AvgIpc) is 2.67. The van der Waals surface area contributed by atoms with Crippen LogP contribution in [0.5, 0.6) is 11.5 Å². The molecule has 5 nitrogen and oxygen atoms in total. The highest BCUT2D eigenvalue weighted by molar-refractivity contribution is 6.13. The maximum atomic E-state index is 13.0. The summed E-state index contributed by atoms with van der Waals surface area (Å²) in [7, 11) is 1.35. The number of ether oxygens (including phenoxy) is 2. The lowest BCUT2D eigenvalue weighted by atomic mass is 9.99. The number of methoxy groups -OCH3 is 1. The first kappa shape index (κ1) is 19.5. The summed E-state index contributed by atoms with van der Waals surface area (Å²) in [4.78, 5) is 17.7. The van der Waals surface area contributed by atoms with Crippen molar-refractivity contribution >= 4 is 22.5 Å². The van der Waals surface area contributed by atoms with Crippen LogP contribution in [-0.4, -0.2) is 24.6 Å². The summed E-state index contributed by atoms with van der Waals surface area (Å²) >= 11 is 0. The standard InChI is InChI=1S/C21H20F2N2O3/c1-4-15-12(2)19(14-7-5-6-8-16(14)25-15)20(26)24-13-9-10-17(27-3)18(11-13)28-21(22)23/h5-11,21H,4H2,1-3H3,(H,24,26). The van der Waals surface area contributed by atoms with Crippen molar-refractivity contribution in [1.82, 2.24) is 4.98 Å². The number of hydrogen-bond donors (Lipinski definition) is 1. The van der Waals surface area contributed by atoms with Gasteiger partial charge < -0.3 is 14.8 Å². The number of hydrogen-bond acceptors (Lipinski definition) is 4. The lowest BCUT2D eigenvalue weighted by Crippen LogP contribution is -2.16. The Labute approximate surface area is 161 Å². The van der Waals surface area contributed by atoms with Crippen LogP contribution in [0.15, 0.2) is 42.5 Å². The molecule has 0 saturated heterocycles. The number of carbonyl (C=O) groups is 1. The molecular weight excluding hydrogens is 366 g/mol. The second-order valence-corrected chi connectivity index (χ2v) is 6.13. The molecular formula is C21H20F2N2O3. The Hall–Kier alpha value is -3.22. The van der Waals surface area contributed by atoms with E-state index in [1.807, 2.05) is 38.1 Å². The molecule has 0 unspecified atom stereocenters. The zero-order valence-corrected chi connectivity index (χ0v) is 15.8. The SMILES string of the molecule is CCc1nc2ccccc2c(C(=O)Nc2ccc(OC)c(OC(F)F)c2)c1C. The predicted octanol–water partition coefficient (Wildman–Crippen LogP) is 4.97. The van der Waals surface area contributed by atoms with Crippen molar-refractivity contribution in [1.29, 1.82) is 0 Å². The van der Waals surface area contributed by atoms with Crippen LogP contribution in [0.1, 0.15) is 28.5 Å². The summed E-state index contributed by atoms with van der Waals surface area (Å²) in [6, 6.07) is 11.7. The van der Waals surface area contributed by atoms with Crippen LogP contribution < -0.4 is 14.8 Å². The van der Waals surface area contributed by atoms with Crippen LogP contribution in [0.2, 0.25) is 0 Å². The third kappa shape index (κ3) is 3.88. The van der Waals surface area contributed by atoms with Crippen LogP contribution in [0.25, 0.3) is 10.9 Å². The lowest BCUT2D eigenvalue weighted by Gasteiger charge is -2.15. The molecule has 2 aromatic carbocycles. The molecule has 0 radical (unpaired) electrons. The zero-order chi connectivity index (χ0) is 20.3. The van der Waals surface area contributed by atoms with Crippen LogP contribution in [0.3, 0.4) is 0 Å². The van der Waals surface area contributed by atoms with E-state index in [1.165, 1.54) is 19.2 Å². The molecule has 0 aliphatic carbocycles. The number of aryl methyl sites for hydroxylation is 1. The van der Waals surface area contributed by atoms with Crippen molar-refractivity contribution in [3.63, 3.8) is 0 Å². The van der Waals surface area contributed by atoms with Gasteiger partial charge >= 0.3 is 6.61 Å². The summed E-state index contributed by atoms with van der Waals surface area (Å²) in [5.41, 5.74) is 3.18. The van der Waals surface area contributed by atoms with Gasteiger partial charge in [-0.25, -0.2) is 0 Å². The molecule has 0 aliphatic heterocycles. The topological polar surface area (TPSA) is 60.5 Å². The van der Waals surface area contributed by atoms with Gasteiger partial charge in [0.05, 0.1) is 18.2 Å². The van der Waals surface area contributed by atoms with Crippen molar-refractivity contribution in [3.05, 3.63) is 59.3 Å². The first-order chi connectivity index (χ1) is 13.4. The van der Waals surface area contributed by atoms with Gasteiger partial charge in [0.1, 0.15) is 0 Å². The fourth-order valence-corrected chi connectivity index (χ4v) is 3.13. The Balaban J connectivity index is 2.01. The Bertz CT molecular complexity index is 1020. The number of halogens is 2. The lowest BCUT2D eigenvalue weighted by molar-refractivity contribution is -0.0511. The van der Waals surface area contributed by atoms with Crippen molar-refractivity contribution in [2.45, 2.75) is 26.9 Å². The van der Waals surface area contributed by atoms with Gasteiger partial charge in [-0.2, -0.15) is 8.78 Å². The normalized spacial score (nSPS) is 10.9. The molecule has 1 amide bonds. The van der Waals surface area contributed by atoms with Gasteiger partial charge in [0.2, 0.25) is 0 Å². The van der Waals surface area contributed by atoms with Crippen LogP contribution in [-0.2, 0) is 6.42 Å². The van der Waals surface area contributed by atoms with E-state index in [2.05, 4.69) is 15.0 Å². The Morgan fingerprint density at radius 1 is 1.18 bits per heavy atom. The van der Waals surface area contributed by atoms with E-state index in [0.29, 0.717) is 17.7 Å². The van der Waals surface area contributed by atoms with Crippen LogP contribution >= 0.6 is 0 Å². The average molecular weight is 386 g/mol. The highest BCUT2D eigenvalue weighted by Gasteiger charge is 2.18. The Morgan fingerprint density at radius 2 is 1.93 bits per heavy atom. The number of rotatable bonds is 6. The monoisotopic (exact) mass is 386 g/mol. The quantitative estimate of drug-likeness (QED) is 0.650. The van der Waals surface area contributed by atoms with Gasteiger partial charge in [-0.3, -0.25) is 9.78 Å². The number of anilines is 1. The highest BCUT2D eigenvalue weighted by Crippen LogP contribution is 2.32. The molecule has 28 heavy (non-hydrogen) atoms. The summed E-state index contributed by atoms with van der Waals surface area (Å²) in [6.45, 7) is 0.828. The van der Waals surface area contributed by atoms with Gasteiger partial charge in [-0.05, 0) is 37.1 Å². The second-order valence-electron chi connectivity index (χ2n) is 6.13. The number of nitrogens with zero attached hydrogens (tertiary/aromatic N) is 1. The number of nitrogens with one attached hydrogen (secondary N) is 1. The summed E-state index contributed by atoms with van der Waals surface area (Å²) in [5.74, 6) is -0.350. The van der Waals surface area contributed by atoms with E-state index in [0.717, 1.165) is 22.2 Å². The maximum absolute atomic E-state index is 13.0. The zero-order valence-electron chi connectivity index (χ0n) is 15.8. The minimum atomic E-state index is -3.00. The van der Waals surface area contributed by atoms with Gasteiger partial charge in [-0.1, -0.05) is 25.1 Å². The van der Waals surface area contributed by atoms with Gasteiger partial charge in [0.15, 0.2) is 11.5 Å². The van der Waals surface area contributed by atoms with E-state index in [9.17, 15) is 13.6 Å². The molecule has 1 heterocycles. The fourth-order valence-electron chi connectivity index (χ4n) is 3.13. The van der Waals surface area contributed by atoms with Gasteiger partial charge in [0, 0.05) is 22.8 Å². The number of carbonyl (C=O) groups excluding carboxylic acids is 1. The molecule has 0 fully saturated rings. The third-order valence-electron chi connectivity index (χ3n) is 4.44. The molecule has 0 bridgehead atoms. The predicted molar refractivity (Wildman–Crippen MR) is 103 cm³/mol. The molecule has 0 spiro atoms. The number of benzene rings is 2. The molecule has 1 N–H and O–H groups in total. The first-order valence-corrected chi connectivity index (χ1v) is 8.77. The van der Waals surface area contributed by atoms with E-state index < -0.39 is 6.61 Å². The van der Waals surface area contributed by atoms with Crippen molar-refractivity contribution in [2.24, 2.45) is 0 Å². The maximum Gasteiger partial charge on any atom is 0.387 e. The van der Waals surface area contributed by atoms with Crippen LogP contribution in [0, 0.1) is 6.92 Å². The summed E-state index contributed by atoms with van der Waals surface area (Å²) in [5, 5.41) is 3.49. The van der Waals surface area contributed by atoms with E-state index >= 15 is 0 Å². The van der Waals surface area contributed by atoms with E-state index in [-0.39, 0.29) is 17.4 Å². The molecule has 0 atom stereocenters. The second kappa shape index (κ2) is 8.21. The number of pyridine rings is 1. The Kier molecular flexibility index (Phi) is 5.73. The Morgan fingerprint density at radius 3 is 2.61 bits per heavy atom. The van der Waals surface area contributed by atoms with Gasteiger partial charge in [0.25, 0.3) is 5.91 Å². The smallest absolute Gasteiger partial charge is 0.387 e. The summed E-state index contributed by atoms with van der Waals surface area (Å²) < 4.78 is 34.8. The first-order valence-electron chi connectivity index (χ1n) is 8.77.